The lowest BCUT2D eigenvalue weighted by Crippen LogP contribution is -2.60. The monoisotopic (exact) mass is 242 g/mol. The van der Waals surface area contributed by atoms with E-state index in [0.717, 1.165) is 0 Å². The van der Waals surface area contributed by atoms with Gasteiger partial charge in [0, 0.05) is 12.6 Å². The molecule has 16 heavy (non-hydrogen) atoms. The number of benzene rings is 1. The minimum absolute atomic E-state index is 0.0657. The molecule has 0 aromatic heterocycles. The van der Waals surface area contributed by atoms with Crippen LogP contribution in [0.5, 0.6) is 0 Å². The highest BCUT2D eigenvalue weighted by Crippen LogP contribution is 2.15. The summed E-state index contributed by atoms with van der Waals surface area (Å²) in [6.45, 7) is 1.38. The Bertz CT molecular complexity index is 505. The second-order valence-electron chi connectivity index (χ2n) is 3.00. The number of carbonyl (C=O) groups excluding carboxylic acids is 1. The molecule has 0 bridgehead atoms. The van der Waals surface area contributed by atoms with Crippen molar-refractivity contribution < 1.29 is 18.3 Å². The number of carbonyl (C=O) groups is 1. The van der Waals surface area contributed by atoms with Gasteiger partial charge in [0.1, 0.15) is 0 Å². The molecule has 6 nitrogen and oxygen atoms in total. The number of rotatable bonds is 3. The van der Waals surface area contributed by atoms with Crippen LogP contribution < -0.4 is 10.4 Å². The van der Waals surface area contributed by atoms with Crippen LogP contribution >= 0.6 is 0 Å². The topological polar surface area (TPSA) is 89.6 Å². The molecule has 86 valence electrons. The van der Waals surface area contributed by atoms with E-state index in [9.17, 15) is 13.2 Å². The molecule has 7 heteroatoms. The number of amides is 1. The smallest absolute Gasteiger partial charge is 0.326 e. The normalized spacial score (nSPS) is 11.6. The zero-order valence-corrected chi connectivity index (χ0v) is 9.71. The summed E-state index contributed by atoms with van der Waals surface area (Å²) in [7, 11) is -2.25. The molecule has 1 amide bonds. The molecule has 0 unspecified atom stereocenters. The van der Waals surface area contributed by atoms with Gasteiger partial charge in [-0.05, 0) is 24.3 Å². The van der Waals surface area contributed by atoms with Crippen LogP contribution in [0.2, 0.25) is 0 Å². The predicted octanol–water partition coefficient (Wildman–Crippen LogP) is -0.504. The van der Waals surface area contributed by atoms with Crippen molar-refractivity contribution in [2.45, 2.75) is 11.8 Å². The van der Waals surface area contributed by atoms with Gasteiger partial charge in [0.2, 0.25) is 5.91 Å². The number of nitrogens with zero attached hydrogens (tertiary/aromatic N) is 1. The van der Waals surface area contributed by atoms with Crippen molar-refractivity contribution in [3.05, 3.63) is 24.3 Å². The first-order chi connectivity index (χ1) is 7.45. The van der Waals surface area contributed by atoms with Gasteiger partial charge in [-0.15, -0.1) is 5.11 Å². The molecule has 0 atom stereocenters. The van der Waals surface area contributed by atoms with Crippen LogP contribution in [-0.4, -0.2) is 21.4 Å². The standard InChI is InChI=1S/C9H11N3O3S/c1-7(13)11-8-3-5-9(6-4-8)16(14,15)12-10-2/h3-6H,1-2H3,(H,11,13)/p+1. The number of hydrogen-bond acceptors (Lipinski definition) is 3. The molecule has 0 heterocycles. The van der Waals surface area contributed by atoms with Gasteiger partial charge in [0.05, 0.1) is 9.42 Å². The highest BCUT2D eigenvalue weighted by molar-refractivity contribution is 7.89. The molecule has 2 N–H and O–H groups in total. The molecule has 0 fully saturated rings. The fourth-order valence-corrected chi connectivity index (χ4v) is 1.91. The lowest BCUT2D eigenvalue weighted by Gasteiger charge is -2.01. The maximum absolute atomic E-state index is 11.4. The first-order valence-electron chi connectivity index (χ1n) is 4.47. The first kappa shape index (κ1) is 12.3. The lowest BCUT2D eigenvalue weighted by molar-refractivity contribution is -0.489. The zero-order chi connectivity index (χ0) is 12.2. The van der Waals surface area contributed by atoms with E-state index < -0.39 is 10.0 Å². The average Bonchev–Trinajstić information content (AvgIpc) is 2.17. The molecule has 0 aliphatic rings. The summed E-state index contributed by atoms with van der Waals surface area (Å²) in [5.41, 5.74) is 0.538. The van der Waals surface area contributed by atoms with Gasteiger partial charge in [0.15, 0.2) is 7.05 Å². The Morgan fingerprint density at radius 2 is 1.88 bits per heavy atom. The molecule has 0 saturated heterocycles. The third-order valence-electron chi connectivity index (χ3n) is 1.68. The Morgan fingerprint density at radius 1 is 1.31 bits per heavy atom. The van der Waals surface area contributed by atoms with Gasteiger partial charge in [-0.3, -0.25) is 4.79 Å². The Morgan fingerprint density at radius 3 is 2.31 bits per heavy atom. The van der Waals surface area contributed by atoms with Crippen LogP contribution in [-0.2, 0) is 14.8 Å². The predicted molar refractivity (Wildman–Crippen MR) is 57.2 cm³/mol. The van der Waals surface area contributed by atoms with Crippen molar-refractivity contribution >= 4 is 21.6 Å². The highest BCUT2D eigenvalue weighted by Gasteiger charge is 2.15. The van der Waals surface area contributed by atoms with Gasteiger partial charge >= 0.3 is 10.0 Å². The van der Waals surface area contributed by atoms with Crippen LogP contribution in [0.4, 0.5) is 5.69 Å². The summed E-state index contributed by atoms with van der Waals surface area (Å²) in [5.74, 6) is -0.212. The molecule has 0 saturated carbocycles. The molecule has 0 aliphatic carbocycles. The summed E-state index contributed by atoms with van der Waals surface area (Å²) in [4.78, 5) is 10.8. The SMILES string of the molecule is C[NH+]=NS(=O)(=O)c1ccc(NC(C)=O)cc1. The number of anilines is 1. The molecular formula is C9H12N3O3S+. The van der Waals surface area contributed by atoms with Crippen molar-refractivity contribution in [1.29, 1.82) is 0 Å². The van der Waals surface area contributed by atoms with Crippen LogP contribution in [0, 0.1) is 0 Å². The van der Waals surface area contributed by atoms with Gasteiger partial charge in [-0.25, -0.2) is 0 Å². The fraction of sp³-hybridized carbons (Fsp3) is 0.222. The third-order valence-corrected chi connectivity index (χ3v) is 2.97. The van der Waals surface area contributed by atoms with Gasteiger partial charge in [-0.1, -0.05) is 0 Å². The maximum Gasteiger partial charge on any atom is 0.335 e. The van der Waals surface area contributed by atoms with Crippen molar-refractivity contribution in [1.82, 2.24) is 0 Å². The zero-order valence-electron chi connectivity index (χ0n) is 8.89. The first-order valence-corrected chi connectivity index (χ1v) is 5.91. The molecular weight excluding hydrogens is 230 g/mol. The van der Waals surface area contributed by atoms with E-state index in [1.54, 1.807) is 0 Å². The average molecular weight is 242 g/mol. The van der Waals surface area contributed by atoms with E-state index in [1.807, 2.05) is 0 Å². The molecule has 1 aromatic rings. The van der Waals surface area contributed by atoms with Crippen LogP contribution in [0.25, 0.3) is 0 Å². The molecule has 0 spiro atoms. The quantitative estimate of drug-likeness (QED) is 0.700. The number of sulfonamides is 1. The molecule has 0 aliphatic heterocycles. The second-order valence-corrected chi connectivity index (χ2v) is 4.60. The van der Waals surface area contributed by atoms with Crippen molar-refractivity contribution in [3.63, 3.8) is 0 Å². The van der Waals surface area contributed by atoms with Crippen LogP contribution in [0.15, 0.2) is 33.7 Å². The van der Waals surface area contributed by atoms with Gasteiger partial charge < -0.3 is 5.32 Å². The minimum atomic E-state index is -3.65. The molecule has 0 radical (unpaired) electrons. The van der Waals surface area contributed by atoms with Crippen LogP contribution in [0.1, 0.15) is 6.92 Å². The molecule has 1 aromatic carbocycles. The Balaban J connectivity index is 3.00. The number of hydrogen-bond donors (Lipinski definition) is 2. The Kier molecular flexibility index (Phi) is 3.73. The summed E-state index contributed by atoms with van der Waals surface area (Å²) in [5, 5.41) is 4.76. The van der Waals surface area contributed by atoms with E-state index in [4.69, 9.17) is 0 Å². The summed E-state index contributed by atoms with van der Waals surface area (Å²) < 4.78 is 26.2. The van der Waals surface area contributed by atoms with Crippen molar-refractivity contribution in [3.8, 4) is 0 Å². The summed E-state index contributed by atoms with van der Waals surface area (Å²) >= 11 is 0. The number of nitrogens with one attached hydrogen (secondary N) is 2. The Labute approximate surface area is 93.4 Å². The maximum atomic E-state index is 11.4. The lowest BCUT2D eigenvalue weighted by atomic mass is 10.3. The second kappa shape index (κ2) is 4.84. The van der Waals surface area contributed by atoms with E-state index in [-0.39, 0.29) is 10.8 Å². The van der Waals surface area contributed by atoms with Crippen molar-refractivity contribution in [2.24, 2.45) is 4.52 Å². The Hall–Kier alpha value is -1.76. The molecule has 1 rings (SSSR count). The largest absolute Gasteiger partial charge is 0.335 e. The minimum Gasteiger partial charge on any atom is -0.326 e. The van der Waals surface area contributed by atoms with E-state index in [0.29, 0.717) is 5.69 Å². The van der Waals surface area contributed by atoms with Gasteiger partial charge in [-0.2, -0.15) is 8.42 Å². The fourth-order valence-electron chi connectivity index (χ4n) is 1.09. The van der Waals surface area contributed by atoms with Crippen LogP contribution in [0.3, 0.4) is 0 Å². The summed E-state index contributed by atoms with van der Waals surface area (Å²) in [6, 6.07) is 5.75. The highest BCUT2D eigenvalue weighted by atomic mass is 32.2. The van der Waals surface area contributed by atoms with Gasteiger partial charge in [0.25, 0.3) is 0 Å². The third kappa shape index (κ3) is 3.13. The van der Waals surface area contributed by atoms with E-state index >= 15 is 0 Å². The van der Waals surface area contributed by atoms with E-state index in [1.165, 1.54) is 38.2 Å². The van der Waals surface area contributed by atoms with E-state index in [2.05, 4.69) is 15.0 Å². The van der Waals surface area contributed by atoms with Crippen molar-refractivity contribution in [2.75, 3.05) is 12.4 Å². The summed E-state index contributed by atoms with van der Waals surface area (Å²) in [6.07, 6.45) is 0.